The van der Waals surface area contributed by atoms with Gasteiger partial charge >= 0.3 is 0 Å². The van der Waals surface area contributed by atoms with Gasteiger partial charge in [0, 0.05) is 12.1 Å². The Bertz CT molecular complexity index is 1090. The highest BCUT2D eigenvalue weighted by Gasteiger charge is 2.35. The minimum atomic E-state index is -0.646. The van der Waals surface area contributed by atoms with Gasteiger partial charge in [0.05, 0.1) is 21.4 Å². The molecule has 0 saturated carbocycles. The maximum atomic E-state index is 12.6. The van der Waals surface area contributed by atoms with Crippen molar-refractivity contribution in [3.63, 3.8) is 0 Å². The number of nitrogens with zero attached hydrogens (tertiary/aromatic N) is 2. The van der Waals surface area contributed by atoms with Crippen LogP contribution in [0.1, 0.15) is 11.1 Å². The molecule has 0 atom stereocenters. The number of carbonyl (C=O) groups excluding carboxylic acids is 3. The highest BCUT2D eigenvalue weighted by atomic mass is 35.5. The van der Waals surface area contributed by atoms with Gasteiger partial charge < -0.3 is 10.5 Å². The lowest BCUT2D eigenvalue weighted by atomic mass is 10.1. The Hall–Kier alpha value is -3.37. The van der Waals surface area contributed by atoms with Crippen LogP contribution in [-0.2, 0) is 16.1 Å². The molecule has 1 saturated heterocycles. The molecule has 1 fully saturated rings. The molecule has 0 aromatic heterocycles. The van der Waals surface area contributed by atoms with Gasteiger partial charge in [0.2, 0.25) is 0 Å². The lowest BCUT2D eigenvalue weighted by Gasteiger charge is -2.12. The average molecular weight is 448 g/mol. The van der Waals surface area contributed by atoms with Crippen LogP contribution < -0.4 is 10.5 Å². The van der Waals surface area contributed by atoms with Gasteiger partial charge in [-0.1, -0.05) is 29.8 Å². The standard InChI is InChI=1S/C19H14ClN3O6S/c20-14-7-11(4-5-15(14)29-10-17(21)24)8-16-18(25)22(19(26)30-16)9-12-2-1-3-13(6-12)23(27)28/h1-8H,9-10H2,(H2,21,24). The zero-order valence-corrected chi connectivity index (χ0v) is 16.8. The highest BCUT2D eigenvalue weighted by molar-refractivity contribution is 8.18. The van der Waals surface area contributed by atoms with Crippen LogP contribution in [0.15, 0.2) is 47.4 Å². The van der Waals surface area contributed by atoms with Gasteiger partial charge in [-0.2, -0.15) is 0 Å². The summed E-state index contributed by atoms with van der Waals surface area (Å²) in [6.45, 7) is -0.403. The normalized spacial score (nSPS) is 15.0. The van der Waals surface area contributed by atoms with Crippen molar-refractivity contribution in [2.24, 2.45) is 5.73 Å². The number of carbonyl (C=O) groups is 3. The van der Waals surface area contributed by atoms with Crippen molar-refractivity contribution in [2.45, 2.75) is 6.54 Å². The van der Waals surface area contributed by atoms with Crippen molar-refractivity contribution in [3.05, 3.63) is 73.6 Å². The van der Waals surface area contributed by atoms with E-state index < -0.39 is 22.0 Å². The summed E-state index contributed by atoms with van der Waals surface area (Å²) in [4.78, 5) is 47.3. The predicted octanol–water partition coefficient (Wildman–Crippen LogP) is 3.35. The Morgan fingerprint density at radius 3 is 2.70 bits per heavy atom. The molecule has 3 rings (SSSR count). The number of hydrogen-bond acceptors (Lipinski definition) is 7. The lowest BCUT2D eigenvalue weighted by Crippen LogP contribution is -2.27. The van der Waals surface area contributed by atoms with E-state index in [0.29, 0.717) is 11.1 Å². The monoisotopic (exact) mass is 447 g/mol. The molecule has 0 unspecified atom stereocenters. The second-order valence-electron chi connectivity index (χ2n) is 6.14. The van der Waals surface area contributed by atoms with Crippen molar-refractivity contribution in [3.8, 4) is 5.75 Å². The Balaban J connectivity index is 1.76. The van der Waals surface area contributed by atoms with E-state index in [0.717, 1.165) is 16.7 Å². The maximum absolute atomic E-state index is 12.6. The number of hydrogen-bond donors (Lipinski definition) is 1. The van der Waals surface area contributed by atoms with Crippen LogP contribution in [0, 0.1) is 10.1 Å². The molecule has 2 aromatic rings. The minimum Gasteiger partial charge on any atom is -0.482 e. The van der Waals surface area contributed by atoms with Crippen molar-refractivity contribution in [1.82, 2.24) is 4.90 Å². The summed E-state index contributed by atoms with van der Waals surface area (Å²) in [7, 11) is 0. The minimum absolute atomic E-state index is 0.0790. The Morgan fingerprint density at radius 1 is 1.27 bits per heavy atom. The first kappa shape index (κ1) is 21.3. The van der Waals surface area contributed by atoms with Crippen LogP contribution >= 0.6 is 23.4 Å². The quantitative estimate of drug-likeness (QED) is 0.391. The van der Waals surface area contributed by atoms with Gasteiger partial charge in [-0.05, 0) is 41.1 Å². The summed E-state index contributed by atoms with van der Waals surface area (Å²) < 4.78 is 5.16. The molecule has 1 aliphatic rings. The van der Waals surface area contributed by atoms with E-state index in [1.807, 2.05) is 0 Å². The molecular formula is C19H14ClN3O6S. The number of nitro groups is 1. The fraction of sp³-hybridized carbons (Fsp3) is 0.105. The van der Waals surface area contributed by atoms with Crippen molar-refractivity contribution in [2.75, 3.05) is 6.61 Å². The Labute approximate surface area is 179 Å². The molecule has 0 aliphatic carbocycles. The number of ether oxygens (including phenoxy) is 1. The summed E-state index contributed by atoms with van der Waals surface area (Å²) in [6.07, 6.45) is 1.50. The number of imide groups is 1. The zero-order chi connectivity index (χ0) is 21.8. The maximum Gasteiger partial charge on any atom is 0.293 e. The number of non-ortho nitro benzene ring substituents is 1. The van der Waals surface area contributed by atoms with Gasteiger partial charge in [-0.25, -0.2) is 0 Å². The smallest absolute Gasteiger partial charge is 0.293 e. The molecule has 3 amide bonds. The number of benzene rings is 2. The predicted molar refractivity (Wildman–Crippen MR) is 111 cm³/mol. The second kappa shape index (κ2) is 8.97. The van der Waals surface area contributed by atoms with E-state index in [4.69, 9.17) is 22.1 Å². The topological polar surface area (TPSA) is 133 Å². The molecule has 2 aromatic carbocycles. The summed E-state index contributed by atoms with van der Waals surface area (Å²) in [6, 6.07) is 10.4. The van der Waals surface area contributed by atoms with Crippen LogP contribution in [0.5, 0.6) is 5.75 Å². The molecule has 154 valence electrons. The molecule has 0 bridgehead atoms. The van der Waals surface area contributed by atoms with Crippen molar-refractivity contribution in [1.29, 1.82) is 0 Å². The number of nitro benzene ring substituents is 1. The summed E-state index contributed by atoms with van der Waals surface area (Å²) in [5.74, 6) is -0.902. The largest absolute Gasteiger partial charge is 0.482 e. The number of amides is 3. The average Bonchev–Trinajstić information content (AvgIpc) is 2.95. The fourth-order valence-corrected chi connectivity index (χ4v) is 3.69. The Kier molecular flexibility index (Phi) is 6.38. The van der Waals surface area contributed by atoms with Crippen molar-refractivity contribution < 1.29 is 24.0 Å². The fourth-order valence-electron chi connectivity index (χ4n) is 2.61. The first-order valence-electron chi connectivity index (χ1n) is 8.44. The van der Waals surface area contributed by atoms with E-state index in [-0.39, 0.29) is 34.5 Å². The van der Waals surface area contributed by atoms with Crippen molar-refractivity contribution >= 4 is 52.2 Å². The molecular weight excluding hydrogens is 434 g/mol. The van der Waals surface area contributed by atoms with E-state index in [9.17, 15) is 24.5 Å². The molecule has 0 radical (unpaired) electrons. The van der Waals surface area contributed by atoms with Crippen LogP contribution in [-0.4, -0.2) is 33.5 Å². The van der Waals surface area contributed by atoms with Crippen LogP contribution in [0.25, 0.3) is 6.08 Å². The summed E-state index contributed by atoms with van der Waals surface area (Å²) in [5, 5.41) is 10.6. The van der Waals surface area contributed by atoms with E-state index >= 15 is 0 Å². The second-order valence-corrected chi connectivity index (χ2v) is 7.54. The third-order valence-corrected chi connectivity index (χ3v) is 5.16. The van der Waals surface area contributed by atoms with Gasteiger partial charge in [-0.3, -0.25) is 29.4 Å². The van der Waals surface area contributed by atoms with E-state index in [1.165, 1.54) is 36.4 Å². The molecule has 2 N–H and O–H groups in total. The number of nitrogens with two attached hydrogens (primary N) is 1. The third-order valence-electron chi connectivity index (χ3n) is 3.96. The van der Waals surface area contributed by atoms with Gasteiger partial charge in [-0.15, -0.1) is 0 Å². The molecule has 0 spiro atoms. The molecule has 1 aliphatic heterocycles. The highest BCUT2D eigenvalue weighted by Crippen LogP contribution is 2.34. The molecule has 9 nitrogen and oxygen atoms in total. The van der Waals surface area contributed by atoms with Gasteiger partial charge in [0.1, 0.15) is 5.75 Å². The zero-order valence-electron chi connectivity index (χ0n) is 15.2. The Morgan fingerprint density at radius 2 is 2.03 bits per heavy atom. The number of primary amides is 1. The summed E-state index contributed by atoms with van der Waals surface area (Å²) >= 11 is 6.87. The first-order valence-corrected chi connectivity index (χ1v) is 9.63. The van der Waals surface area contributed by atoms with E-state index in [1.54, 1.807) is 12.1 Å². The van der Waals surface area contributed by atoms with Gasteiger partial charge in [0.15, 0.2) is 6.61 Å². The van der Waals surface area contributed by atoms with Crippen LogP contribution in [0.3, 0.4) is 0 Å². The molecule has 1 heterocycles. The van der Waals surface area contributed by atoms with E-state index in [2.05, 4.69) is 0 Å². The number of thioether (sulfide) groups is 1. The molecule has 11 heteroatoms. The molecule has 30 heavy (non-hydrogen) atoms. The first-order chi connectivity index (χ1) is 14.2. The lowest BCUT2D eigenvalue weighted by molar-refractivity contribution is -0.384. The summed E-state index contributed by atoms with van der Waals surface area (Å²) in [5.41, 5.74) is 5.91. The third kappa shape index (κ3) is 4.97. The van der Waals surface area contributed by atoms with Crippen LogP contribution in [0.2, 0.25) is 5.02 Å². The number of rotatable bonds is 7. The van der Waals surface area contributed by atoms with Crippen LogP contribution in [0.4, 0.5) is 10.5 Å². The number of halogens is 1. The SMILES string of the molecule is NC(=O)COc1ccc(C=C2SC(=O)N(Cc3cccc([N+](=O)[O-])c3)C2=O)cc1Cl. The van der Waals surface area contributed by atoms with Gasteiger partial charge in [0.25, 0.3) is 22.7 Å².